The Balaban J connectivity index is 1.43. The number of nitrogens with zero attached hydrogens (tertiary/aromatic N) is 1. The van der Waals surface area contributed by atoms with Crippen LogP contribution >= 0.6 is 0 Å². The van der Waals surface area contributed by atoms with E-state index in [4.69, 9.17) is 4.74 Å². The van der Waals surface area contributed by atoms with Gasteiger partial charge in [-0.25, -0.2) is 8.42 Å². The molecular weight excluding hydrogens is 340 g/mol. The van der Waals surface area contributed by atoms with Gasteiger partial charge in [-0.15, -0.1) is 0 Å². The van der Waals surface area contributed by atoms with E-state index in [1.165, 1.54) is 35.7 Å². The molecule has 1 N–H and O–H groups in total. The van der Waals surface area contributed by atoms with Gasteiger partial charge in [0, 0.05) is 24.7 Å². The number of amides is 1. The molecule has 6 nitrogen and oxygen atoms in total. The van der Waals surface area contributed by atoms with E-state index in [0.717, 1.165) is 12.3 Å². The van der Waals surface area contributed by atoms with Crippen LogP contribution in [-0.2, 0) is 14.8 Å². The van der Waals surface area contributed by atoms with E-state index in [1.54, 1.807) is 12.1 Å². The number of carbonyl (C=O) groups is 1. The molecule has 1 saturated heterocycles. The van der Waals surface area contributed by atoms with Crippen LogP contribution in [0.15, 0.2) is 29.2 Å². The number of morpholine rings is 1. The van der Waals surface area contributed by atoms with Crippen molar-refractivity contribution in [2.45, 2.75) is 36.6 Å². The molecule has 0 radical (unpaired) electrons. The second-order valence-electron chi connectivity index (χ2n) is 7.30. The molecule has 136 valence electrons. The minimum atomic E-state index is -3.51. The van der Waals surface area contributed by atoms with Crippen molar-refractivity contribution in [2.24, 2.45) is 11.8 Å². The summed E-state index contributed by atoms with van der Waals surface area (Å²) in [4.78, 5) is 12.7. The number of ether oxygens (including phenoxy) is 1. The van der Waals surface area contributed by atoms with Crippen LogP contribution in [0.3, 0.4) is 0 Å². The molecule has 3 atom stereocenters. The molecule has 1 amide bonds. The molecular formula is C18H24N2O4S. The number of hydrogen-bond donors (Lipinski definition) is 1. The van der Waals surface area contributed by atoms with Gasteiger partial charge in [-0.05, 0) is 55.4 Å². The van der Waals surface area contributed by atoms with Crippen molar-refractivity contribution >= 4 is 15.9 Å². The molecule has 1 aliphatic heterocycles. The van der Waals surface area contributed by atoms with E-state index in [9.17, 15) is 13.2 Å². The predicted octanol–water partition coefficient (Wildman–Crippen LogP) is 1.63. The fourth-order valence-electron chi connectivity index (χ4n) is 4.39. The van der Waals surface area contributed by atoms with E-state index in [0.29, 0.717) is 37.8 Å². The molecule has 0 spiro atoms. The van der Waals surface area contributed by atoms with Crippen molar-refractivity contribution in [3.8, 4) is 0 Å². The van der Waals surface area contributed by atoms with Crippen molar-refractivity contribution in [1.29, 1.82) is 0 Å². The first-order valence-electron chi connectivity index (χ1n) is 9.03. The summed E-state index contributed by atoms with van der Waals surface area (Å²) in [5, 5.41) is 3.13. The van der Waals surface area contributed by atoms with Gasteiger partial charge in [0.05, 0.1) is 18.1 Å². The highest BCUT2D eigenvalue weighted by Crippen LogP contribution is 2.44. The largest absolute Gasteiger partial charge is 0.379 e. The highest BCUT2D eigenvalue weighted by atomic mass is 32.2. The predicted molar refractivity (Wildman–Crippen MR) is 92.7 cm³/mol. The summed E-state index contributed by atoms with van der Waals surface area (Å²) in [6, 6.07) is 6.55. The molecule has 7 heteroatoms. The molecule has 0 unspecified atom stereocenters. The van der Waals surface area contributed by atoms with Crippen molar-refractivity contribution in [2.75, 3.05) is 26.3 Å². The first-order chi connectivity index (χ1) is 12.0. The molecule has 25 heavy (non-hydrogen) atoms. The highest BCUT2D eigenvalue weighted by molar-refractivity contribution is 7.89. The van der Waals surface area contributed by atoms with Crippen LogP contribution in [0.25, 0.3) is 0 Å². The SMILES string of the molecule is O=C(N[C@@H]1C[C@@H]2CC[C@@H]1C2)c1ccc(S(=O)(=O)N2CCOCC2)cc1. The van der Waals surface area contributed by atoms with Gasteiger partial charge in [-0.1, -0.05) is 6.42 Å². The molecule has 1 aromatic rings. The third-order valence-corrected chi connectivity index (χ3v) is 7.69. The van der Waals surface area contributed by atoms with Crippen LogP contribution < -0.4 is 5.32 Å². The van der Waals surface area contributed by atoms with Gasteiger partial charge in [-0.2, -0.15) is 4.31 Å². The summed E-state index contributed by atoms with van der Waals surface area (Å²) in [5.74, 6) is 1.29. The second kappa shape index (κ2) is 6.70. The van der Waals surface area contributed by atoms with Crippen molar-refractivity contribution in [3.05, 3.63) is 29.8 Å². The maximum absolute atomic E-state index is 12.6. The Hall–Kier alpha value is -1.44. The maximum Gasteiger partial charge on any atom is 0.251 e. The minimum Gasteiger partial charge on any atom is -0.379 e. The Morgan fingerprint density at radius 1 is 1.08 bits per heavy atom. The van der Waals surface area contributed by atoms with Crippen LogP contribution in [0.2, 0.25) is 0 Å². The summed E-state index contributed by atoms with van der Waals surface area (Å²) in [7, 11) is -3.51. The number of rotatable bonds is 4. The van der Waals surface area contributed by atoms with Crippen molar-refractivity contribution < 1.29 is 17.9 Å². The topological polar surface area (TPSA) is 75.7 Å². The quantitative estimate of drug-likeness (QED) is 0.881. The Bertz CT molecular complexity index is 741. The van der Waals surface area contributed by atoms with Gasteiger partial charge in [0.1, 0.15) is 0 Å². The van der Waals surface area contributed by atoms with E-state index in [1.807, 2.05) is 0 Å². The lowest BCUT2D eigenvalue weighted by Gasteiger charge is -2.26. The lowest BCUT2D eigenvalue weighted by molar-refractivity contribution is 0.0730. The number of nitrogens with one attached hydrogen (secondary N) is 1. The van der Waals surface area contributed by atoms with E-state index < -0.39 is 10.0 Å². The van der Waals surface area contributed by atoms with Gasteiger partial charge < -0.3 is 10.1 Å². The first-order valence-corrected chi connectivity index (χ1v) is 10.5. The fraction of sp³-hybridized carbons (Fsp3) is 0.611. The van der Waals surface area contributed by atoms with Gasteiger partial charge in [-0.3, -0.25) is 4.79 Å². The van der Waals surface area contributed by atoms with Crippen molar-refractivity contribution in [1.82, 2.24) is 9.62 Å². The third-order valence-electron chi connectivity index (χ3n) is 5.78. The Morgan fingerprint density at radius 2 is 1.80 bits per heavy atom. The molecule has 2 bridgehead atoms. The summed E-state index contributed by atoms with van der Waals surface area (Å²) in [5.41, 5.74) is 0.517. The monoisotopic (exact) mass is 364 g/mol. The molecule has 2 saturated carbocycles. The van der Waals surface area contributed by atoms with Gasteiger partial charge in [0.25, 0.3) is 5.91 Å². The molecule has 3 fully saturated rings. The van der Waals surface area contributed by atoms with Crippen molar-refractivity contribution in [3.63, 3.8) is 0 Å². The number of carbonyl (C=O) groups excluding carboxylic acids is 1. The summed E-state index contributed by atoms with van der Waals surface area (Å²) in [6.07, 6.45) is 4.83. The Kier molecular flexibility index (Phi) is 4.56. The zero-order valence-corrected chi connectivity index (χ0v) is 15.0. The fourth-order valence-corrected chi connectivity index (χ4v) is 5.80. The molecule has 2 aliphatic carbocycles. The Labute approximate surface area is 148 Å². The smallest absolute Gasteiger partial charge is 0.251 e. The molecule has 3 aliphatic rings. The Morgan fingerprint density at radius 3 is 2.40 bits per heavy atom. The zero-order chi connectivity index (χ0) is 17.4. The number of fused-ring (bicyclic) bond motifs is 2. The van der Waals surface area contributed by atoms with E-state index >= 15 is 0 Å². The third kappa shape index (κ3) is 3.32. The standard InChI is InChI=1S/C18H24N2O4S/c21-18(19-17-12-13-1-2-15(17)11-13)14-3-5-16(6-4-14)25(22,23)20-7-9-24-10-8-20/h3-6,13,15,17H,1-2,7-12H2,(H,19,21)/t13-,15-,17-/m1/s1. The first kappa shape index (κ1) is 17.0. The summed E-state index contributed by atoms with van der Waals surface area (Å²) < 4.78 is 31.8. The maximum atomic E-state index is 12.6. The van der Waals surface area contributed by atoms with Crippen LogP contribution in [0.5, 0.6) is 0 Å². The number of benzene rings is 1. The van der Waals surface area contributed by atoms with Crippen LogP contribution in [0, 0.1) is 11.8 Å². The summed E-state index contributed by atoms with van der Waals surface area (Å²) in [6.45, 7) is 1.58. The van der Waals surface area contributed by atoms with Gasteiger partial charge >= 0.3 is 0 Å². The van der Waals surface area contributed by atoms with E-state index in [2.05, 4.69) is 5.32 Å². The van der Waals surface area contributed by atoms with E-state index in [-0.39, 0.29) is 16.8 Å². The summed E-state index contributed by atoms with van der Waals surface area (Å²) >= 11 is 0. The normalized spacial score (nSPS) is 29.7. The number of hydrogen-bond acceptors (Lipinski definition) is 4. The zero-order valence-electron chi connectivity index (χ0n) is 14.2. The number of sulfonamides is 1. The molecule has 1 heterocycles. The van der Waals surface area contributed by atoms with Gasteiger partial charge in [0.2, 0.25) is 10.0 Å². The minimum absolute atomic E-state index is 0.104. The van der Waals surface area contributed by atoms with Crippen LogP contribution in [-0.4, -0.2) is 51.0 Å². The molecule has 0 aromatic heterocycles. The highest BCUT2D eigenvalue weighted by Gasteiger charge is 2.40. The lowest BCUT2D eigenvalue weighted by Crippen LogP contribution is -2.40. The second-order valence-corrected chi connectivity index (χ2v) is 9.23. The average Bonchev–Trinajstić information content (AvgIpc) is 3.25. The molecule has 1 aromatic carbocycles. The van der Waals surface area contributed by atoms with Crippen LogP contribution in [0.1, 0.15) is 36.0 Å². The van der Waals surface area contributed by atoms with Gasteiger partial charge in [0.15, 0.2) is 0 Å². The molecule has 4 rings (SSSR count). The average molecular weight is 364 g/mol. The van der Waals surface area contributed by atoms with Crippen LogP contribution in [0.4, 0.5) is 0 Å². The lowest BCUT2D eigenvalue weighted by atomic mass is 9.95.